The molecule has 0 atom stereocenters. The average Bonchev–Trinajstić information content (AvgIpc) is 2.25. The molecule has 0 saturated heterocycles. The maximum Gasteiger partial charge on any atom is 0.0391 e. The number of benzene rings is 2. The molecule has 0 bridgehead atoms. The van der Waals surface area contributed by atoms with Crippen LogP contribution in [0.2, 0.25) is 0 Å². The molecule has 0 radical (unpaired) electrons. The molecule has 1 nitrogen and oxygen atoms in total. The van der Waals surface area contributed by atoms with Crippen molar-refractivity contribution in [3.8, 4) is 0 Å². The topological polar surface area (TPSA) is 12.0 Å². The minimum atomic E-state index is 0.935. The fourth-order valence-electron chi connectivity index (χ4n) is 2.16. The molecule has 2 aromatic carbocycles. The molecule has 1 N–H and O–H groups in total. The van der Waals surface area contributed by atoms with Gasteiger partial charge in [-0.25, -0.2) is 0 Å². The largest absolute Gasteiger partial charge is 0.355 e. The Morgan fingerprint density at radius 2 is 1.33 bits per heavy atom. The van der Waals surface area contributed by atoms with E-state index >= 15 is 0 Å². The molecule has 0 unspecified atom stereocenters. The lowest BCUT2D eigenvalue weighted by molar-refractivity contribution is 1.24. The minimum Gasteiger partial charge on any atom is -0.355 e. The molecule has 1 aliphatic heterocycles. The SMILES string of the molecule is C=C1NC(=C)c2cccc3cccc1c23. The smallest absolute Gasteiger partial charge is 0.0391 e. The molecule has 0 amide bonds. The summed E-state index contributed by atoms with van der Waals surface area (Å²) in [6, 6.07) is 12.5. The van der Waals surface area contributed by atoms with Gasteiger partial charge in [-0.1, -0.05) is 49.6 Å². The zero-order valence-corrected chi connectivity index (χ0v) is 8.38. The van der Waals surface area contributed by atoms with Crippen molar-refractivity contribution in [2.24, 2.45) is 0 Å². The van der Waals surface area contributed by atoms with Gasteiger partial charge in [0.25, 0.3) is 0 Å². The first-order valence-corrected chi connectivity index (χ1v) is 4.95. The van der Waals surface area contributed by atoms with Crippen molar-refractivity contribution in [2.45, 2.75) is 0 Å². The van der Waals surface area contributed by atoms with E-state index < -0.39 is 0 Å². The van der Waals surface area contributed by atoms with Crippen molar-refractivity contribution in [1.82, 2.24) is 5.32 Å². The third-order valence-corrected chi connectivity index (χ3v) is 2.86. The van der Waals surface area contributed by atoms with Crippen molar-refractivity contribution in [3.05, 3.63) is 60.7 Å². The van der Waals surface area contributed by atoms with Gasteiger partial charge in [0.05, 0.1) is 0 Å². The Kier molecular flexibility index (Phi) is 1.51. The molecule has 0 spiro atoms. The summed E-state index contributed by atoms with van der Waals surface area (Å²) in [5.41, 5.74) is 4.22. The van der Waals surface area contributed by atoms with Gasteiger partial charge in [0, 0.05) is 27.9 Å². The van der Waals surface area contributed by atoms with Crippen LogP contribution in [-0.4, -0.2) is 0 Å². The highest BCUT2D eigenvalue weighted by Crippen LogP contribution is 2.34. The molecule has 2 aromatic rings. The Balaban J connectivity index is 2.56. The van der Waals surface area contributed by atoms with Gasteiger partial charge in [-0.3, -0.25) is 0 Å². The van der Waals surface area contributed by atoms with Gasteiger partial charge >= 0.3 is 0 Å². The molecule has 15 heavy (non-hydrogen) atoms. The Hall–Kier alpha value is -2.02. The number of rotatable bonds is 0. The zero-order valence-electron chi connectivity index (χ0n) is 8.38. The normalized spacial score (nSPS) is 14.1. The second kappa shape index (κ2) is 2.74. The minimum absolute atomic E-state index is 0.935. The van der Waals surface area contributed by atoms with E-state index in [1.165, 1.54) is 21.9 Å². The summed E-state index contributed by atoms with van der Waals surface area (Å²) in [6.07, 6.45) is 0. The van der Waals surface area contributed by atoms with Crippen LogP contribution in [0.25, 0.3) is 22.2 Å². The van der Waals surface area contributed by atoms with Crippen molar-refractivity contribution in [3.63, 3.8) is 0 Å². The Bertz CT molecular complexity index is 545. The highest BCUT2D eigenvalue weighted by atomic mass is 14.9. The van der Waals surface area contributed by atoms with Gasteiger partial charge in [-0.05, 0) is 5.39 Å². The molecule has 0 saturated carbocycles. The maximum absolute atomic E-state index is 4.02. The Labute approximate surface area is 88.7 Å². The first-order chi connectivity index (χ1) is 7.27. The summed E-state index contributed by atoms with van der Waals surface area (Å²) >= 11 is 0. The van der Waals surface area contributed by atoms with Gasteiger partial charge in [0.1, 0.15) is 0 Å². The number of hydrogen-bond acceptors (Lipinski definition) is 1. The third-order valence-electron chi connectivity index (χ3n) is 2.86. The third kappa shape index (κ3) is 1.03. The fraction of sp³-hybridized carbons (Fsp3) is 0. The Morgan fingerprint density at radius 1 is 0.800 bits per heavy atom. The van der Waals surface area contributed by atoms with E-state index in [1.54, 1.807) is 0 Å². The van der Waals surface area contributed by atoms with E-state index in [4.69, 9.17) is 0 Å². The second-order valence-electron chi connectivity index (χ2n) is 3.79. The van der Waals surface area contributed by atoms with E-state index in [0.717, 1.165) is 11.4 Å². The summed E-state index contributed by atoms with van der Waals surface area (Å²) in [5, 5.41) is 5.71. The Morgan fingerprint density at radius 3 is 1.87 bits per heavy atom. The highest BCUT2D eigenvalue weighted by molar-refractivity contribution is 6.04. The predicted molar refractivity (Wildman–Crippen MR) is 65.2 cm³/mol. The summed E-state index contributed by atoms with van der Waals surface area (Å²) in [6.45, 7) is 8.03. The molecular weight excluding hydrogens is 182 g/mol. The van der Waals surface area contributed by atoms with Crippen LogP contribution >= 0.6 is 0 Å². The molecule has 1 heterocycles. The van der Waals surface area contributed by atoms with Crippen molar-refractivity contribution < 1.29 is 0 Å². The summed E-state index contributed by atoms with van der Waals surface area (Å²) in [5.74, 6) is 0. The second-order valence-corrected chi connectivity index (χ2v) is 3.79. The van der Waals surface area contributed by atoms with Gasteiger partial charge in [0.2, 0.25) is 0 Å². The summed E-state index contributed by atoms with van der Waals surface area (Å²) in [4.78, 5) is 0. The molecule has 0 aliphatic carbocycles. The van der Waals surface area contributed by atoms with Crippen molar-refractivity contribution >= 4 is 22.2 Å². The molecule has 1 heteroatoms. The van der Waals surface area contributed by atoms with Crippen LogP contribution in [0, 0.1) is 0 Å². The van der Waals surface area contributed by atoms with E-state index in [-0.39, 0.29) is 0 Å². The summed E-state index contributed by atoms with van der Waals surface area (Å²) in [7, 11) is 0. The van der Waals surface area contributed by atoms with Gasteiger partial charge in [-0.15, -0.1) is 0 Å². The van der Waals surface area contributed by atoms with E-state index in [9.17, 15) is 0 Å². The summed E-state index contributed by atoms with van der Waals surface area (Å²) < 4.78 is 0. The molecular formula is C14H11N. The van der Waals surface area contributed by atoms with Crippen LogP contribution in [0.4, 0.5) is 0 Å². The van der Waals surface area contributed by atoms with Gasteiger partial charge < -0.3 is 5.32 Å². The van der Waals surface area contributed by atoms with Crippen LogP contribution in [0.15, 0.2) is 49.6 Å². The van der Waals surface area contributed by atoms with Crippen LogP contribution < -0.4 is 5.32 Å². The zero-order chi connectivity index (χ0) is 10.4. The van der Waals surface area contributed by atoms with Gasteiger partial charge in [-0.2, -0.15) is 0 Å². The van der Waals surface area contributed by atoms with Gasteiger partial charge in [0.15, 0.2) is 0 Å². The first kappa shape index (κ1) is 8.30. The first-order valence-electron chi connectivity index (χ1n) is 4.95. The maximum atomic E-state index is 4.02. The predicted octanol–water partition coefficient (Wildman–Crippen LogP) is 3.38. The van der Waals surface area contributed by atoms with Crippen molar-refractivity contribution in [1.29, 1.82) is 0 Å². The molecule has 72 valence electrons. The standard InChI is InChI=1S/C14H11N/c1-9-12-7-3-5-11-6-4-8-13(14(11)12)10(2)15-9/h3-8,15H,1-2H2. The van der Waals surface area contributed by atoms with E-state index in [2.05, 4.69) is 54.9 Å². The fourth-order valence-corrected chi connectivity index (χ4v) is 2.16. The van der Waals surface area contributed by atoms with E-state index in [1.807, 2.05) is 0 Å². The van der Waals surface area contributed by atoms with Crippen LogP contribution in [0.3, 0.4) is 0 Å². The lowest BCUT2D eigenvalue weighted by Gasteiger charge is -2.22. The van der Waals surface area contributed by atoms with Crippen LogP contribution in [0.1, 0.15) is 11.1 Å². The molecule has 3 rings (SSSR count). The monoisotopic (exact) mass is 193 g/mol. The number of nitrogens with one attached hydrogen (secondary N) is 1. The average molecular weight is 193 g/mol. The lowest BCUT2D eigenvalue weighted by Crippen LogP contribution is -2.14. The lowest BCUT2D eigenvalue weighted by atomic mass is 9.93. The highest BCUT2D eigenvalue weighted by Gasteiger charge is 2.16. The van der Waals surface area contributed by atoms with E-state index in [0.29, 0.717) is 0 Å². The van der Waals surface area contributed by atoms with Crippen LogP contribution in [0.5, 0.6) is 0 Å². The quantitative estimate of drug-likeness (QED) is 0.676. The number of hydrogen-bond donors (Lipinski definition) is 1. The molecule has 0 fully saturated rings. The molecule has 1 aliphatic rings. The molecule has 0 aromatic heterocycles. The van der Waals surface area contributed by atoms with Crippen molar-refractivity contribution in [2.75, 3.05) is 0 Å². The van der Waals surface area contributed by atoms with Crippen LogP contribution in [-0.2, 0) is 0 Å².